The number of halogens is 2. The molecule has 0 unspecified atom stereocenters. The maximum atomic E-state index is 13.0. The van der Waals surface area contributed by atoms with E-state index < -0.39 is 11.7 Å². The minimum absolute atomic E-state index is 0.165. The number of nitrogens with zero attached hydrogens (tertiary/aromatic N) is 1. The fourth-order valence-electron chi connectivity index (χ4n) is 2.09. The van der Waals surface area contributed by atoms with Crippen LogP contribution in [0.1, 0.15) is 17.3 Å². The van der Waals surface area contributed by atoms with E-state index >= 15 is 0 Å². The average Bonchev–Trinajstić information content (AvgIpc) is 2.67. The molecule has 1 amide bonds. The zero-order valence-corrected chi connectivity index (χ0v) is 14.7. The van der Waals surface area contributed by atoms with Gasteiger partial charge in [0.1, 0.15) is 11.6 Å². The van der Waals surface area contributed by atoms with E-state index in [9.17, 15) is 18.4 Å². The lowest BCUT2D eigenvalue weighted by molar-refractivity contribution is 0.0962. The van der Waals surface area contributed by atoms with Crippen LogP contribution in [0.15, 0.2) is 77.7 Å². The summed E-state index contributed by atoms with van der Waals surface area (Å²) in [5.74, 6) is -0.984. The highest BCUT2D eigenvalue weighted by molar-refractivity contribution is 5.94. The molecule has 0 aliphatic heterocycles. The molecule has 7 heteroatoms. The lowest BCUT2D eigenvalue weighted by Gasteiger charge is -2.09. The van der Waals surface area contributed by atoms with Gasteiger partial charge in [0.25, 0.3) is 11.5 Å². The summed E-state index contributed by atoms with van der Waals surface area (Å²) in [5, 5.41) is 0. The summed E-state index contributed by atoms with van der Waals surface area (Å²) in [4.78, 5) is 23.3. The van der Waals surface area contributed by atoms with Crippen molar-refractivity contribution in [2.45, 2.75) is 13.5 Å². The maximum absolute atomic E-state index is 13.0. The summed E-state index contributed by atoms with van der Waals surface area (Å²) in [6.45, 7) is 2.30. The van der Waals surface area contributed by atoms with Gasteiger partial charge >= 0.3 is 0 Å². The lowest BCUT2D eigenvalue weighted by Crippen LogP contribution is -2.30. The standard InChI is InChI=1S/C14H14FN3O2.C6H5F/c1-2-18-9-10(6-7-13(18)19)14(20)17-16-12-5-3-4-11(15)8-12;7-6-4-2-1-3-5-6/h3-9,16H,2H2,1H3,(H,17,20);1-5H. The second-order valence-corrected chi connectivity index (χ2v) is 5.43. The highest BCUT2D eigenvalue weighted by Crippen LogP contribution is 2.07. The zero-order chi connectivity index (χ0) is 19.6. The summed E-state index contributed by atoms with van der Waals surface area (Å²) >= 11 is 0. The minimum atomic E-state index is -0.406. The van der Waals surface area contributed by atoms with Gasteiger partial charge in [0.15, 0.2) is 0 Å². The molecule has 0 radical (unpaired) electrons. The van der Waals surface area contributed by atoms with Gasteiger partial charge in [-0.05, 0) is 43.3 Å². The number of hydrogen-bond acceptors (Lipinski definition) is 3. The first-order chi connectivity index (χ1) is 13.0. The van der Waals surface area contributed by atoms with Crippen LogP contribution in [-0.2, 0) is 6.54 Å². The first-order valence-electron chi connectivity index (χ1n) is 8.22. The normalized spacial score (nSPS) is 9.74. The Morgan fingerprint density at radius 3 is 2.26 bits per heavy atom. The van der Waals surface area contributed by atoms with Crippen molar-refractivity contribution >= 4 is 11.6 Å². The Balaban J connectivity index is 0.000000313. The number of carbonyl (C=O) groups is 1. The van der Waals surface area contributed by atoms with Gasteiger partial charge in [0.2, 0.25) is 0 Å². The molecule has 0 aliphatic carbocycles. The molecule has 0 bridgehead atoms. The summed E-state index contributed by atoms with van der Waals surface area (Å²) in [6, 6.07) is 16.4. The van der Waals surface area contributed by atoms with Gasteiger partial charge in [-0.1, -0.05) is 24.3 Å². The summed E-state index contributed by atoms with van der Waals surface area (Å²) in [7, 11) is 0. The van der Waals surface area contributed by atoms with Gasteiger partial charge in [-0.25, -0.2) is 8.78 Å². The Kier molecular flexibility index (Phi) is 7.25. The smallest absolute Gasteiger partial charge is 0.271 e. The SMILES string of the molecule is CCn1cc(C(=O)NNc2cccc(F)c2)ccc1=O.Fc1ccccc1. The van der Waals surface area contributed by atoms with Crippen LogP contribution in [0.25, 0.3) is 0 Å². The predicted octanol–water partition coefficient (Wildman–Crippen LogP) is 3.59. The van der Waals surface area contributed by atoms with Crippen molar-refractivity contribution in [2.24, 2.45) is 0 Å². The Morgan fingerprint density at radius 2 is 1.67 bits per heavy atom. The number of hydrazine groups is 1. The molecule has 27 heavy (non-hydrogen) atoms. The van der Waals surface area contributed by atoms with E-state index in [0.29, 0.717) is 17.8 Å². The number of anilines is 1. The third-order valence-electron chi connectivity index (χ3n) is 3.46. The average molecular weight is 371 g/mol. The molecule has 1 heterocycles. The molecule has 0 saturated heterocycles. The van der Waals surface area contributed by atoms with E-state index in [-0.39, 0.29) is 11.4 Å². The highest BCUT2D eigenvalue weighted by Gasteiger charge is 2.06. The van der Waals surface area contributed by atoms with Crippen molar-refractivity contribution in [3.05, 3.63) is 100 Å². The van der Waals surface area contributed by atoms with Gasteiger partial charge in [-0.3, -0.25) is 20.4 Å². The lowest BCUT2D eigenvalue weighted by atomic mass is 10.2. The molecule has 2 N–H and O–H groups in total. The molecular formula is C20H19F2N3O2. The highest BCUT2D eigenvalue weighted by atomic mass is 19.1. The molecule has 5 nitrogen and oxygen atoms in total. The van der Waals surface area contributed by atoms with Crippen molar-refractivity contribution in [1.82, 2.24) is 9.99 Å². The van der Waals surface area contributed by atoms with E-state index in [0.717, 1.165) is 0 Å². The van der Waals surface area contributed by atoms with E-state index in [4.69, 9.17) is 0 Å². The van der Waals surface area contributed by atoms with Crippen molar-refractivity contribution in [2.75, 3.05) is 5.43 Å². The van der Waals surface area contributed by atoms with Crippen LogP contribution in [0, 0.1) is 11.6 Å². The molecule has 2 aromatic carbocycles. The van der Waals surface area contributed by atoms with Crippen LogP contribution >= 0.6 is 0 Å². The molecule has 0 saturated carbocycles. The van der Waals surface area contributed by atoms with E-state index in [1.807, 2.05) is 6.92 Å². The zero-order valence-electron chi connectivity index (χ0n) is 14.7. The minimum Gasteiger partial charge on any atom is -0.315 e. The van der Waals surface area contributed by atoms with Crippen LogP contribution < -0.4 is 16.4 Å². The number of benzene rings is 2. The Hall–Kier alpha value is -3.48. The quantitative estimate of drug-likeness (QED) is 0.689. The van der Waals surface area contributed by atoms with E-state index in [1.54, 1.807) is 24.3 Å². The molecule has 0 spiro atoms. The topological polar surface area (TPSA) is 63.1 Å². The fourth-order valence-corrected chi connectivity index (χ4v) is 2.09. The molecule has 0 fully saturated rings. The predicted molar refractivity (Wildman–Crippen MR) is 100 cm³/mol. The van der Waals surface area contributed by atoms with Crippen LogP contribution in [0.4, 0.5) is 14.5 Å². The van der Waals surface area contributed by atoms with Gasteiger partial charge in [0.05, 0.1) is 11.3 Å². The second-order valence-electron chi connectivity index (χ2n) is 5.43. The fraction of sp³-hybridized carbons (Fsp3) is 0.100. The first-order valence-corrected chi connectivity index (χ1v) is 8.22. The van der Waals surface area contributed by atoms with Gasteiger partial charge in [-0.15, -0.1) is 0 Å². The van der Waals surface area contributed by atoms with Crippen molar-refractivity contribution < 1.29 is 13.6 Å². The van der Waals surface area contributed by atoms with Gasteiger partial charge in [-0.2, -0.15) is 0 Å². The Morgan fingerprint density at radius 1 is 0.963 bits per heavy atom. The molecule has 140 valence electrons. The molecule has 0 atom stereocenters. The number of amides is 1. The second kappa shape index (κ2) is 9.86. The number of hydrogen-bond donors (Lipinski definition) is 2. The van der Waals surface area contributed by atoms with Crippen LogP contribution in [0.2, 0.25) is 0 Å². The first kappa shape index (κ1) is 19.8. The summed E-state index contributed by atoms with van der Waals surface area (Å²) in [5.41, 5.74) is 5.66. The number of aryl methyl sites for hydroxylation is 1. The number of carbonyl (C=O) groups excluding carboxylic acids is 1. The van der Waals surface area contributed by atoms with Crippen LogP contribution in [-0.4, -0.2) is 10.5 Å². The molecule has 0 aliphatic rings. The molecule has 1 aromatic heterocycles. The van der Waals surface area contributed by atoms with E-state index in [1.165, 1.54) is 53.2 Å². The number of aromatic nitrogens is 1. The third-order valence-corrected chi connectivity index (χ3v) is 3.46. The van der Waals surface area contributed by atoms with Crippen LogP contribution in [0.5, 0.6) is 0 Å². The largest absolute Gasteiger partial charge is 0.315 e. The summed E-state index contributed by atoms with van der Waals surface area (Å²) in [6.07, 6.45) is 1.48. The van der Waals surface area contributed by atoms with Crippen LogP contribution in [0.3, 0.4) is 0 Å². The monoisotopic (exact) mass is 371 g/mol. The molecule has 3 rings (SSSR count). The van der Waals surface area contributed by atoms with Crippen molar-refractivity contribution in [1.29, 1.82) is 0 Å². The Labute approximate surface area is 155 Å². The van der Waals surface area contributed by atoms with Gasteiger partial charge < -0.3 is 4.57 Å². The summed E-state index contributed by atoms with van der Waals surface area (Å²) < 4.78 is 26.3. The number of nitrogens with one attached hydrogen (secondary N) is 2. The van der Waals surface area contributed by atoms with Gasteiger partial charge in [0, 0.05) is 18.8 Å². The molecule has 3 aromatic rings. The van der Waals surface area contributed by atoms with E-state index in [2.05, 4.69) is 10.9 Å². The number of rotatable bonds is 4. The Bertz CT molecular complexity index is 943. The molecular weight excluding hydrogens is 352 g/mol. The maximum Gasteiger partial charge on any atom is 0.271 e. The van der Waals surface area contributed by atoms with Crippen molar-refractivity contribution in [3.63, 3.8) is 0 Å². The number of pyridine rings is 1. The van der Waals surface area contributed by atoms with Crippen molar-refractivity contribution in [3.8, 4) is 0 Å². The third kappa shape index (κ3) is 6.39.